The van der Waals surface area contributed by atoms with E-state index in [1.54, 1.807) is 24.5 Å². The number of unbranched alkanes of at least 4 members (excludes halogenated alkanes) is 1. The van der Waals surface area contributed by atoms with Crippen molar-refractivity contribution in [3.8, 4) is 0 Å². The largest absolute Gasteiger partial charge is 0.347 e. The predicted octanol–water partition coefficient (Wildman–Crippen LogP) is 6.33. The first-order valence-electron chi connectivity index (χ1n) is 12.9. The number of nitrogens with zero attached hydrogens (tertiary/aromatic N) is 2. The van der Waals surface area contributed by atoms with E-state index in [1.807, 2.05) is 4.90 Å². The topological polar surface area (TPSA) is 62.3 Å². The van der Waals surface area contributed by atoms with Crippen LogP contribution < -0.4 is 5.32 Å². The Morgan fingerprint density at radius 3 is 2.20 bits per heavy atom. The molecule has 2 amide bonds. The Hall–Kier alpha value is -3.21. The first-order valence-corrected chi connectivity index (χ1v) is 12.9. The Bertz CT molecular complexity index is 884. The van der Waals surface area contributed by atoms with Gasteiger partial charge in [-0.1, -0.05) is 67.7 Å². The Balaban J connectivity index is 1.48. The number of rotatable bonds is 15. The third kappa shape index (κ3) is 12.7. The molecule has 1 N–H and O–H groups in total. The van der Waals surface area contributed by atoms with Crippen LogP contribution in [0, 0.1) is 0 Å². The molecule has 0 aliphatic carbocycles. The number of likely N-dealkylation sites (tertiary alicyclic amines) is 1. The molecular formula is C30H41N3O2. The number of pyridine rings is 1. The number of hydrogen-bond acceptors (Lipinski definition) is 3. The molecule has 35 heavy (non-hydrogen) atoms. The molecule has 188 valence electrons. The molecule has 2 rings (SSSR count). The summed E-state index contributed by atoms with van der Waals surface area (Å²) in [5.41, 5.74) is 0.550. The van der Waals surface area contributed by atoms with E-state index in [4.69, 9.17) is 0 Å². The molecule has 0 radical (unpaired) electrons. The van der Waals surface area contributed by atoms with Crippen molar-refractivity contribution in [1.82, 2.24) is 15.2 Å². The van der Waals surface area contributed by atoms with Crippen LogP contribution in [-0.2, 0) is 4.79 Å². The van der Waals surface area contributed by atoms with Crippen LogP contribution in [0.4, 0.5) is 0 Å². The summed E-state index contributed by atoms with van der Waals surface area (Å²) >= 11 is 0. The Morgan fingerprint density at radius 1 is 0.971 bits per heavy atom. The van der Waals surface area contributed by atoms with Gasteiger partial charge >= 0.3 is 0 Å². The van der Waals surface area contributed by atoms with Crippen molar-refractivity contribution in [2.24, 2.45) is 0 Å². The normalized spacial score (nSPS) is 16.6. The van der Waals surface area contributed by atoms with Crippen molar-refractivity contribution < 1.29 is 9.59 Å². The average Bonchev–Trinajstić information content (AvgIpc) is 3.35. The highest BCUT2D eigenvalue weighted by molar-refractivity contribution is 5.94. The van der Waals surface area contributed by atoms with Gasteiger partial charge in [-0.05, 0) is 63.5 Å². The SMILES string of the molecule is CCC=CCC=CCC=CCC=CCC=CCCCC(=O)N1CC[C@@H](NC(=O)c2cccnc2)C1. The van der Waals surface area contributed by atoms with E-state index in [2.05, 4.69) is 78.0 Å². The lowest BCUT2D eigenvalue weighted by atomic mass is 10.2. The maximum atomic E-state index is 12.5. The van der Waals surface area contributed by atoms with Crippen molar-refractivity contribution in [2.45, 2.75) is 70.8 Å². The zero-order chi connectivity index (χ0) is 25.0. The van der Waals surface area contributed by atoms with E-state index in [0.717, 1.165) is 51.4 Å². The van der Waals surface area contributed by atoms with E-state index < -0.39 is 0 Å². The number of nitrogens with one attached hydrogen (secondary N) is 1. The van der Waals surface area contributed by atoms with Gasteiger partial charge in [-0.25, -0.2) is 0 Å². The lowest BCUT2D eigenvalue weighted by Gasteiger charge is -2.17. The van der Waals surface area contributed by atoms with Gasteiger partial charge in [-0.15, -0.1) is 0 Å². The number of amides is 2. The van der Waals surface area contributed by atoms with E-state index in [1.165, 1.54) is 0 Å². The van der Waals surface area contributed by atoms with Gasteiger partial charge in [-0.3, -0.25) is 14.6 Å². The van der Waals surface area contributed by atoms with Gasteiger partial charge in [0.05, 0.1) is 5.56 Å². The zero-order valence-corrected chi connectivity index (χ0v) is 21.1. The van der Waals surface area contributed by atoms with Crippen molar-refractivity contribution in [3.63, 3.8) is 0 Å². The predicted molar refractivity (Wildman–Crippen MR) is 145 cm³/mol. The zero-order valence-electron chi connectivity index (χ0n) is 21.1. The third-order valence-corrected chi connectivity index (χ3v) is 5.72. The molecule has 0 bridgehead atoms. The van der Waals surface area contributed by atoms with Crippen LogP contribution in [0.15, 0.2) is 85.3 Å². The molecule has 1 aromatic rings. The monoisotopic (exact) mass is 475 g/mol. The number of aromatic nitrogens is 1. The van der Waals surface area contributed by atoms with Crippen LogP contribution >= 0.6 is 0 Å². The molecule has 5 nitrogen and oxygen atoms in total. The molecule has 0 spiro atoms. The van der Waals surface area contributed by atoms with E-state index in [-0.39, 0.29) is 17.9 Å². The summed E-state index contributed by atoms with van der Waals surface area (Å²) in [7, 11) is 0. The Kier molecular flexibility index (Phi) is 14.5. The lowest BCUT2D eigenvalue weighted by Crippen LogP contribution is -2.38. The van der Waals surface area contributed by atoms with Gasteiger partial charge in [0.1, 0.15) is 0 Å². The van der Waals surface area contributed by atoms with Crippen LogP contribution in [-0.4, -0.2) is 40.8 Å². The molecule has 5 heteroatoms. The summed E-state index contributed by atoms with van der Waals surface area (Å²) < 4.78 is 0. The Morgan fingerprint density at radius 2 is 1.60 bits per heavy atom. The van der Waals surface area contributed by atoms with Crippen LogP contribution in [0.25, 0.3) is 0 Å². The fourth-order valence-corrected chi connectivity index (χ4v) is 3.77. The van der Waals surface area contributed by atoms with Gasteiger partial charge in [0.2, 0.25) is 5.91 Å². The molecule has 1 fully saturated rings. The number of allylic oxidation sites excluding steroid dienone is 10. The lowest BCUT2D eigenvalue weighted by molar-refractivity contribution is -0.130. The Labute approximate surface area is 211 Å². The summed E-state index contributed by atoms with van der Waals surface area (Å²) in [6.07, 6.45) is 33.2. The van der Waals surface area contributed by atoms with Crippen molar-refractivity contribution >= 4 is 11.8 Å². The third-order valence-electron chi connectivity index (χ3n) is 5.72. The first-order chi connectivity index (χ1) is 17.2. The average molecular weight is 476 g/mol. The maximum Gasteiger partial charge on any atom is 0.253 e. The fourth-order valence-electron chi connectivity index (χ4n) is 3.77. The molecule has 1 atom stereocenters. The van der Waals surface area contributed by atoms with E-state index in [9.17, 15) is 9.59 Å². The van der Waals surface area contributed by atoms with Gasteiger partial charge in [-0.2, -0.15) is 0 Å². The molecular weight excluding hydrogens is 434 g/mol. The van der Waals surface area contributed by atoms with Crippen molar-refractivity contribution in [1.29, 1.82) is 0 Å². The first kappa shape index (κ1) is 28.0. The van der Waals surface area contributed by atoms with Gasteiger partial charge in [0.25, 0.3) is 5.91 Å². The molecule has 1 aromatic heterocycles. The fraction of sp³-hybridized carbons (Fsp3) is 0.433. The van der Waals surface area contributed by atoms with Gasteiger partial charge < -0.3 is 10.2 Å². The summed E-state index contributed by atoms with van der Waals surface area (Å²) in [5, 5.41) is 3.01. The summed E-state index contributed by atoms with van der Waals surface area (Å²) in [6, 6.07) is 3.50. The van der Waals surface area contributed by atoms with E-state index >= 15 is 0 Å². The van der Waals surface area contributed by atoms with Crippen molar-refractivity contribution in [2.75, 3.05) is 13.1 Å². The van der Waals surface area contributed by atoms with Crippen molar-refractivity contribution in [3.05, 3.63) is 90.9 Å². The molecule has 0 saturated carbocycles. The van der Waals surface area contributed by atoms with Gasteiger partial charge in [0.15, 0.2) is 0 Å². The number of hydrogen-bond donors (Lipinski definition) is 1. The molecule has 1 aliphatic heterocycles. The molecule has 0 aromatic carbocycles. The van der Waals surface area contributed by atoms with Gasteiger partial charge in [0, 0.05) is 37.9 Å². The van der Waals surface area contributed by atoms with Crippen LogP contribution in [0.2, 0.25) is 0 Å². The number of carbonyl (C=O) groups excluding carboxylic acids is 2. The van der Waals surface area contributed by atoms with Crippen LogP contribution in [0.3, 0.4) is 0 Å². The molecule has 0 unspecified atom stereocenters. The minimum Gasteiger partial charge on any atom is -0.347 e. The summed E-state index contributed by atoms with van der Waals surface area (Å²) in [6.45, 7) is 3.45. The maximum absolute atomic E-state index is 12.5. The molecule has 1 aliphatic rings. The minimum atomic E-state index is -0.129. The molecule has 1 saturated heterocycles. The second-order valence-electron chi connectivity index (χ2n) is 8.64. The van der Waals surface area contributed by atoms with E-state index in [0.29, 0.717) is 25.1 Å². The minimum absolute atomic E-state index is 0.0117. The summed E-state index contributed by atoms with van der Waals surface area (Å²) in [5.74, 6) is 0.0475. The number of carbonyl (C=O) groups is 2. The second-order valence-corrected chi connectivity index (χ2v) is 8.64. The molecule has 2 heterocycles. The quantitative estimate of drug-likeness (QED) is 0.238. The highest BCUT2D eigenvalue weighted by Crippen LogP contribution is 2.13. The standard InChI is InChI=1S/C30H41N3O2/c1-2-3-4-5-6-7-8-9-10-11-12-13-14-15-16-17-18-21-29(34)33-24-22-28(26-33)32-30(35)27-20-19-23-31-25-27/h3-4,6-7,9-10,12-13,15-16,19-20,23,25,28H,2,5,8,11,14,17-18,21-22,24,26H2,1H3,(H,32,35)/t28-/m1/s1. The smallest absolute Gasteiger partial charge is 0.253 e. The van der Waals surface area contributed by atoms with Crippen LogP contribution in [0.5, 0.6) is 0 Å². The highest BCUT2D eigenvalue weighted by Gasteiger charge is 2.27. The van der Waals surface area contributed by atoms with Crippen LogP contribution in [0.1, 0.15) is 75.1 Å². The highest BCUT2D eigenvalue weighted by atomic mass is 16.2. The summed E-state index contributed by atoms with van der Waals surface area (Å²) in [4.78, 5) is 30.6. The second kappa shape index (κ2) is 18.2.